The molecule has 2 aliphatic heterocycles. The number of anilines is 2. The van der Waals surface area contributed by atoms with E-state index in [0.717, 1.165) is 21.0 Å². The SMILES string of the molecule is CN1C(=O)N(C2c3ccccc3N(C(=O)OC(C)(C)C)CC2(F)F)Cc2cnc(S(C)(=O)=O)nc21. The molecule has 4 rings (SSSR count). The molecule has 1 aromatic heterocycles. The van der Waals surface area contributed by atoms with Gasteiger partial charge in [-0.2, -0.15) is 0 Å². The second kappa shape index (κ2) is 8.11. The molecule has 3 heterocycles. The normalized spacial score (nSPS) is 19.8. The topological polar surface area (TPSA) is 113 Å². The summed E-state index contributed by atoms with van der Waals surface area (Å²) >= 11 is 0. The Morgan fingerprint density at radius 1 is 1.23 bits per heavy atom. The Kier molecular flexibility index (Phi) is 5.74. The van der Waals surface area contributed by atoms with Gasteiger partial charge in [0.2, 0.25) is 15.0 Å². The number of halogens is 2. The van der Waals surface area contributed by atoms with Crippen LogP contribution in [-0.4, -0.2) is 66.8 Å². The van der Waals surface area contributed by atoms with E-state index in [1.807, 2.05) is 0 Å². The number of aromatic nitrogens is 2. The number of rotatable bonds is 2. The van der Waals surface area contributed by atoms with Gasteiger partial charge in [0.15, 0.2) is 0 Å². The maximum atomic E-state index is 15.7. The molecule has 3 amide bonds. The average molecular weight is 510 g/mol. The summed E-state index contributed by atoms with van der Waals surface area (Å²) in [5.41, 5.74) is -0.295. The molecule has 10 nitrogen and oxygen atoms in total. The third-order valence-electron chi connectivity index (χ3n) is 5.56. The van der Waals surface area contributed by atoms with Crippen molar-refractivity contribution in [2.24, 2.45) is 0 Å². The zero-order valence-corrected chi connectivity index (χ0v) is 20.6. The largest absolute Gasteiger partial charge is 0.443 e. The van der Waals surface area contributed by atoms with E-state index in [0.29, 0.717) is 5.56 Å². The van der Waals surface area contributed by atoms with Gasteiger partial charge in [-0.25, -0.2) is 36.8 Å². The van der Waals surface area contributed by atoms with E-state index in [-0.39, 0.29) is 23.6 Å². The van der Waals surface area contributed by atoms with Crippen LogP contribution < -0.4 is 9.80 Å². The van der Waals surface area contributed by atoms with E-state index in [1.165, 1.54) is 25.4 Å². The molecule has 188 valence electrons. The van der Waals surface area contributed by atoms with Crippen molar-refractivity contribution in [3.63, 3.8) is 0 Å². The number of ether oxygens (including phenoxy) is 1. The van der Waals surface area contributed by atoms with Crippen molar-refractivity contribution < 1.29 is 31.5 Å². The van der Waals surface area contributed by atoms with Gasteiger partial charge in [0.25, 0.3) is 5.92 Å². The van der Waals surface area contributed by atoms with Crippen molar-refractivity contribution >= 4 is 33.5 Å². The number of hydrogen-bond donors (Lipinski definition) is 0. The van der Waals surface area contributed by atoms with Crippen LogP contribution >= 0.6 is 0 Å². The lowest BCUT2D eigenvalue weighted by Crippen LogP contribution is -2.58. The number of hydrogen-bond acceptors (Lipinski definition) is 7. The molecule has 0 radical (unpaired) electrons. The number of carbonyl (C=O) groups excluding carboxylic acids is 2. The van der Waals surface area contributed by atoms with Crippen molar-refractivity contribution in [2.75, 3.05) is 29.6 Å². The number of para-hydroxylation sites is 1. The molecule has 0 bridgehead atoms. The molecule has 1 unspecified atom stereocenters. The fourth-order valence-corrected chi connectivity index (χ4v) is 4.65. The van der Waals surface area contributed by atoms with Crippen LogP contribution in [0.1, 0.15) is 37.9 Å². The van der Waals surface area contributed by atoms with E-state index in [9.17, 15) is 18.0 Å². The van der Waals surface area contributed by atoms with E-state index >= 15 is 8.78 Å². The summed E-state index contributed by atoms with van der Waals surface area (Å²) in [6.45, 7) is 3.65. The molecule has 2 aromatic rings. The van der Waals surface area contributed by atoms with Gasteiger partial charge in [-0.15, -0.1) is 0 Å². The summed E-state index contributed by atoms with van der Waals surface area (Å²) in [5.74, 6) is -3.50. The highest BCUT2D eigenvalue weighted by Crippen LogP contribution is 2.48. The molecular formula is C22H25F2N5O5S. The highest BCUT2D eigenvalue weighted by molar-refractivity contribution is 7.90. The molecule has 2 aliphatic rings. The van der Waals surface area contributed by atoms with Crippen LogP contribution in [0.3, 0.4) is 0 Å². The summed E-state index contributed by atoms with van der Waals surface area (Å²) < 4.78 is 60.4. The van der Waals surface area contributed by atoms with Crippen LogP contribution in [-0.2, 0) is 21.1 Å². The van der Waals surface area contributed by atoms with Crippen LogP contribution in [0, 0.1) is 0 Å². The number of urea groups is 1. The molecule has 1 atom stereocenters. The zero-order chi connectivity index (χ0) is 25.9. The van der Waals surface area contributed by atoms with Gasteiger partial charge in [-0.1, -0.05) is 18.2 Å². The predicted molar refractivity (Wildman–Crippen MR) is 122 cm³/mol. The molecule has 0 saturated carbocycles. The van der Waals surface area contributed by atoms with Crippen molar-refractivity contribution in [2.45, 2.75) is 50.0 Å². The number of nitrogens with zero attached hydrogens (tertiary/aromatic N) is 5. The van der Waals surface area contributed by atoms with Crippen molar-refractivity contribution in [1.29, 1.82) is 0 Å². The lowest BCUT2D eigenvalue weighted by Gasteiger charge is -2.46. The summed E-state index contributed by atoms with van der Waals surface area (Å²) in [6, 6.07) is 3.63. The second-order valence-electron chi connectivity index (χ2n) is 9.53. The van der Waals surface area contributed by atoms with Crippen LogP contribution in [0.25, 0.3) is 0 Å². The van der Waals surface area contributed by atoms with Gasteiger partial charge in [-0.05, 0) is 26.8 Å². The highest BCUT2D eigenvalue weighted by Gasteiger charge is 2.54. The van der Waals surface area contributed by atoms with E-state index in [1.54, 1.807) is 32.9 Å². The van der Waals surface area contributed by atoms with Gasteiger partial charge in [0.1, 0.15) is 17.5 Å². The summed E-state index contributed by atoms with van der Waals surface area (Å²) in [5, 5.41) is -0.467. The lowest BCUT2D eigenvalue weighted by molar-refractivity contribution is -0.0718. The van der Waals surface area contributed by atoms with Gasteiger partial charge < -0.3 is 9.64 Å². The van der Waals surface area contributed by atoms with Gasteiger partial charge in [0, 0.05) is 30.6 Å². The van der Waals surface area contributed by atoms with Crippen LogP contribution in [0.4, 0.5) is 29.9 Å². The minimum absolute atomic E-state index is 0.0319. The first-order chi connectivity index (χ1) is 16.1. The fraction of sp³-hybridized carbons (Fsp3) is 0.455. The maximum absolute atomic E-state index is 15.7. The molecule has 13 heteroatoms. The molecule has 0 aliphatic carbocycles. The monoisotopic (exact) mass is 509 g/mol. The highest BCUT2D eigenvalue weighted by atomic mass is 32.2. The van der Waals surface area contributed by atoms with Crippen molar-refractivity contribution in [3.05, 3.63) is 41.6 Å². The number of sulfone groups is 1. The Morgan fingerprint density at radius 3 is 2.51 bits per heavy atom. The number of amides is 3. The van der Waals surface area contributed by atoms with E-state index in [4.69, 9.17) is 4.74 Å². The van der Waals surface area contributed by atoms with Crippen molar-refractivity contribution in [1.82, 2.24) is 14.9 Å². The van der Waals surface area contributed by atoms with Crippen LogP contribution in [0.2, 0.25) is 0 Å². The minimum atomic E-state index is -3.74. The Balaban J connectivity index is 1.77. The quantitative estimate of drug-likeness (QED) is 0.571. The Hall–Kier alpha value is -3.35. The van der Waals surface area contributed by atoms with E-state index in [2.05, 4.69) is 9.97 Å². The van der Waals surface area contributed by atoms with Gasteiger partial charge in [-0.3, -0.25) is 9.80 Å². The predicted octanol–water partition coefficient (Wildman–Crippen LogP) is 3.38. The molecular weight excluding hydrogens is 484 g/mol. The zero-order valence-electron chi connectivity index (χ0n) is 19.8. The number of carbonyl (C=O) groups is 2. The standard InChI is InChI=1S/C22H25F2N5O5S/c1-21(2,3)34-20(31)29-12-22(23,24)16(14-8-6-7-9-15(14)29)28-11-13-10-25-18(35(5,32)33)26-17(13)27(4)19(28)30/h6-10,16H,11-12H2,1-5H3. The summed E-state index contributed by atoms with van der Waals surface area (Å²) in [7, 11) is -2.41. The number of benzene rings is 1. The third-order valence-corrected chi connectivity index (χ3v) is 6.42. The molecule has 0 spiro atoms. The van der Waals surface area contributed by atoms with Gasteiger partial charge in [0.05, 0.1) is 18.8 Å². The molecule has 35 heavy (non-hydrogen) atoms. The fourth-order valence-electron chi connectivity index (χ4n) is 4.15. The number of fused-ring (bicyclic) bond motifs is 2. The first-order valence-corrected chi connectivity index (χ1v) is 12.6. The average Bonchev–Trinajstić information content (AvgIpc) is 2.73. The molecule has 1 aromatic carbocycles. The second-order valence-corrected chi connectivity index (χ2v) is 11.4. The first-order valence-electron chi connectivity index (χ1n) is 10.7. The van der Waals surface area contributed by atoms with Crippen molar-refractivity contribution in [3.8, 4) is 0 Å². The maximum Gasteiger partial charge on any atom is 0.415 e. The van der Waals surface area contributed by atoms with E-state index < -0.39 is 51.2 Å². The minimum Gasteiger partial charge on any atom is -0.443 e. The summed E-state index contributed by atoms with van der Waals surface area (Å²) in [6.07, 6.45) is 1.23. The number of alkyl halides is 2. The molecule has 0 saturated heterocycles. The first kappa shape index (κ1) is 24.8. The smallest absolute Gasteiger partial charge is 0.415 e. The molecule has 0 fully saturated rings. The molecule has 0 N–H and O–H groups in total. The lowest BCUT2D eigenvalue weighted by atomic mass is 9.91. The Bertz CT molecular complexity index is 1310. The third kappa shape index (κ3) is 4.51. The van der Waals surface area contributed by atoms with Crippen LogP contribution in [0.15, 0.2) is 35.6 Å². The van der Waals surface area contributed by atoms with Crippen LogP contribution in [0.5, 0.6) is 0 Å². The van der Waals surface area contributed by atoms with Gasteiger partial charge >= 0.3 is 12.1 Å². The Labute approximate surface area is 201 Å². The summed E-state index contributed by atoms with van der Waals surface area (Å²) in [4.78, 5) is 36.7. The Morgan fingerprint density at radius 2 is 1.89 bits per heavy atom.